The first-order valence-electron chi connectivity index (χ1n) is 23.1. The van der Waals surface area contributed by atoms with Gasteiger partial charge in [0.15, 0.2) is 23.1 Å². The Labute approximate surface area is 367 Å². The molecule has 8 aromatic carbocycles. The molecule has 13 rings (SSSR count). The maximum atomic E-state index is 8.82. The normalized spacial score (nSPS) is 12.9. The van der Waals surface area contributed by atoms with Crippen molar-refractivity contribution in [3.8, 4) is 56.7 Å². The molecular weight excluding hydrogens is 773 g/mol. The average Bonchev–Trinajstić information content (AvgIpc) is 4.05. The Kier molecular flexibility index (Phi) is 6.72. The summed E-state index contributed by atoms with van der Waals surface area (Å²) in [7, 11) is 0. The highest BCUT2D eigenvalue weighted by Crippen LogP contribution is 2.41. The van der Waals surface area contributed by atoms with Gasteiger partial charge in [-0.25, -0.2) is 15.0 Å². The molecule has 0 unspecified atom stereocenters. The summed E-state index contributed by atoms with van der Waals surface area (Å²) in [6.45, 7) is 0. The molecule has 0 fully saturated rings. The molecule has 0 saturated heterocycles. The lowest BCUT2D eigenvalue weighted by Crippen LogP contribution is -2.01. The molecule has 0 spiro atoms. The van der Waals surface area contributed by atoms with E-state index < -0.39 is 6.04 Å². The number of hydrogen-bond donors (Lipinski definition) is 0. The van der Waals surface area contributed by atoms with E-state index in [1.807, 2.05) is 84.9 Å². The first-order valence-corrected chi connectivity index (χ1v) is 20.6. The summed E-state index contributed by atoms with van der Waals surface area (Å²) in [5.74, 6) is 1.49. The summed E-state index contributed by atoms with van der Waals surface area (Å²) >= 11 is 0. The Morgan fingerprint density at radius 2 is 0.984 bits per heavy atom. The number of pyridine rings is 1. The minimum atomic E-state index is -0.429. The maximum absolute atomic E-state index is 8.82. The van der Waals surface area contributed by atoms with Crippen molar-refractivity contribution in [2.45, 2.75) is 0 Å². The Bertz CT molecular complexity index is 4190. The Morgan fingerprint density at radius 3 is 1.76 bits per heavy atom. The Morgan fingerprint density at radius 1 is 0.397 bits per heavy atom. The predicted molar refractivity (Wildman–Crippen MR) is 255 cm³/mol. The van der Waals surface area contributed by atoms with E-state index in [-0.39, 0.29) is 29.9 Å². The predicted octanol–water partition coefficient (Wildman–Crippen LogP) is 14.0. The Hall–Kier alpha value is -8.68. The third-order valence-corrected chi connectivity index (χ3v) is 12.0. The van der Waals surface area contributed by atoms with Crippen LogP contribution in [0.3, 0.4) is 0 Å². The molecule has 0 bridgehead atoms. The van der Waals surface area contributed by atoms with E-state index in [1.54, 1.807) is 17.0 Å². The van der Waals surface area contributed by atoms with Crippen LogP contribution in [-0.4, -0.2) is 29.1 Å². The van der Waals surface area contributed by atoms with Crippen molar-refractivity contribution in [1.29, 1.82) is 0 Å². The molecule has 5 heterocycles. The number of benzene rings is 8. The monoisotopic (exact) mass is 811 g/mol. The summed E-state index contributed by atoms with van der Waals surface area (Å²) in [6, 6.07) is 53.3. The van der Waals surface area contributed by atoms with Crippen LogP contribution in [0.5, 0.6) is 0 Å². The van der Waals surface area contributed by atoms with Crippen molar-refractivity contribution in [1.82, 2.24) is 29.1 Å². The van der Waals surface area contributed by atoms with Crippen LogP contribution in [0.15, 0.2) is 211 Å². The maximum Gasteiger partial charge on any atom is 0.166 e. The smallest absolute Gasteiger partial charge is 0.166 e. The number of furan rings is 1. The van der Waals surface area contributed by atoms with Gasteiger partial charge in [-0.1, -0.05) is 127 Å². The van der Waals surface area contributed by atoms with Crippen LogP contribution in [0, 0.1) is 0 Å². The minimum Gasteiger partial charge on any atom is -0.454 e. The third kappa shape index (κ3) is 5.60. The number of para-hydroxylation sites is 4. The van der Waals surface area contributed by atoms with Crippen molar-refractivity contribution >= 4 is 65.6 Å². The third-order valence-electron chi connectivity index (χ3n) is 12.0. The first-order chi connectivity index (χ1) is 33.3. The van der Waals surface area contributed by atoms with Crippen LogP contribution in [0.1, 0.15) is 6.85 Å². The molecule has 0 N–H and O–H groups in total. The van der Waals surface area contributed by atoms with E-state index in [9.17, 15) is 0 Å². The second-order valence-electron chi connectivity index (χ2n) is 15.5. The van der Waals surface area contributed by atoms with Crippen molar-refractivity contribution in [2.24, 2.45) is 0 Å². The van der Waals surface area contributed by atoms with Crippen LogP contribution >= 0.6 is 0 Å². The van der Waals surface area contributed by atoms with Gasteiger partial charge < -0.3 is 13.6 Å². The molecule has 13 aromatic rings. The van der Waals surface area contributed by atoms with Gasteiger partial charge in [0.1, 0.15) is 5.58 Å². The molecule has 0 amide bonds. The number of hydrogen-bond acceptors (Lipinski definition) is 5. The number of nitrogens with zero attached hydrogens (tertiary/aromatic N) is 6. The minimum absolute atomic E-state index is 0.107. The molecule has 5 aromatic heterocycles. The van der Waals surface area contributed by atoms with Gasteiger partial charge >= 0.3 is 0 Å². The molecule has 0 saturated carbocycles. The molecule has 7 nitrogen and oxygen atoms in total. The van der Waals surface area contributed by atoms with E-state index in [0.29, 0.717) is 34.2 Å². The van der Waals surface area contributed by atoms with Gasteiger partial charge in [-0.3, -0.25) is 4.98 Å². The van der Waals surface area contributed by atoms with Gasteiger partial charge in [0.05, 0.1) is 35.1 Å². The zero-order chi connectivity index (χ0) is 45.8. The van der Waals surface area contributed by atoms with E-state index >= 15 is 0 Å². The molecule has 63 heavy (non-hydrogen) atoms. The molecule has 0 atom stereocenters. The molecule has 7 heteroatoms. The van der Waals surface area contributed by atoms with Crippen molar-refractivity contribution in [2.75, 3.05) is 0 Å². The van der Waals surface area contributed by atoms with Gasteiger partial charge in [-0.15, -0.1) is 0 Å². The van der Waals surface area contributed by atoms with E-state index in [1.165, 1.54) is 0 Å². The van der Waals surface area contributed by atoms with E-state index in [0.717, 1.165) is 82.3 Å². The zero-order valence-corrected chi connectivity index (χ0v) is 33.3. The molecular formula is C56H34N6O. The first kappa shape index (κ1) is 30.4. The molecule has 294 valence electrons. The van der Waals surface area contributed by atoms with Gasteiger partial charge in [0, 0.05) is 66.6 Å². The van der Waals surface area contributed by atoms with Crippen LogP contribution in [0.25, 0.3) is 122 Å². The topological polar surface area (TPSA) is 74.6 Å². The van der Waals surface area contributed by atoms with Crippen molar-refractivity contribution < 1.29 is 11.3 Å². The zero-order valence-electron chi connectivity index (χ0n) is 38.3. The number of rotatable bonds is 6. The van der Waals surface area contributed by atoms with Crippen LogP contribution in [0.4, 0.5) is 0 Å². The van der Waals surface area contributed by atoms with E-state index in [2.05, 4.69) is 88.4 Å². The molecule has 0 aliphatic carbocycles. The number of fused-ring (bicyclic) bond motifs is 9. The summed E-state index contributed by atoms with van der Waals surface area (Å²) in [6.07, 6.45) is 3.50. The summed E-state index contributed by atoms with van der Waals surface area (Å²) in [4.78, 5) is 20.1. The van der Waals surface area contributed by atoms with Crippen LogP contribution in [0.2, 0.25) is 0 Å². The van der Waals surface area contributed by atoms with Gasteiger partial charge in [-0.05, 0) is 77.8 Å². The average molecular weight is 812 g/mol. The molecule has 0 radical (unpaired) electrons. The molecule has 0 aliphatic rings. The summed E-state index contributed by atoms with van der Waals surface area (Å²) in [5, 5.41) is 5.71. The fraction of sp³-hybridized carbons (Fsp3) is 0. The Balaban J connectivity index is 0.987. The number of aromatic nitrogens is 6. The fourth-order valence-electron chi connectivity index (χ4n) is 9.13. The second-order valence-corrected chi connectivity index (χ2v) is 15.5. The van der Waals surface area contributed by atoms with Crippen molar-refractivity contribution in [3.05, 3.63) is 206 Å². The lowest BCUT2D eigenvalue weighted by molar-refractivity contribution is 0.667. The fourth-order valence-corrected chi connectivity index (χ4v) is 9.13. The van der Waals surface area contributed by atoms with Gasteiger partial charge in [0.2, 0.25) is 0 Å². The lowest BCUT2D eigenvalue weighted by Gasteiger charge is -2.11. The highest BCUT2D eigenvalue weighted by molar-refractivity contribution is 6.14. The standard InChI is InChI=1S/C56H34N6O/c1-4-14-35(15-5-1)54-58-55(38-24-27-43-41-20-10-12-22-47(41)62(50(43)32-38)40-18-8-3-9-19-40)60-56(59-54)46-33-57-34-52-53(46)45-31-37(26-29-51(45)63-52)36-25-28-49-44(30-36)42-21-11-13-23-48(42)61(49)39-16-6-2-7-17-39/h1-34H/i2D,6D,7D,16D,17D. The lowest BCUT2D eigenvalue weighted by atomic mass is 9.99. The van der Waals surface area contributed by atoms with Gasteiger partial charge in [-0.2, -0.15) is 0 Å². The second kappa shape index (κ2) is 13.9. The highest BCUT2D eigenvalue weighted by atomic mass is 16.3. The quantitative estimate of drug-likeness (QED) is 0.167. The van der Waals surface area contributed by atoms with E-state index in [4.69, 9.17) is 26.2 Å². The summed E-state index contributed by atoms with van der Waals surface area (Å²) < 4.78 is 53.2. The SMILES string of the molecule is [2H]c1c([2H])c([2H])c(-n2c3ccccc3c3cc(-c4ccc5oc6cncc(-c7nc(-c8ccccc8)nc(-c8ccc9c%10ccccc%10n(-c%10ccccc%10)c9c8)n7)c6c5c4)ccc32)c([2H])c1[2H]. The largest absolute Gasteiger partial charge is 0.454 e. The molecule has 0 aliphatic heterocycles. The van der Waals surface area contributed by atoms with Crippen LogP contribution in [-0.2, 0) is 0 Å². The highest BCUT2D eigenvalue weighted by Gasteiger charge is 2.21. The van der Waals surface area contributed by atoms with Gasteiger partial charge in [0.25, 0.3) is 0 Å². The summed E-state index contributed by atoms with van der Waals surface area (Å²) in [5.41, 5.74) is 10.2. The van der Waals surface area contributed by atoms with Crippen molar-refractivity contribution in [3.63, 3.8) is 0 Å². The van der Waals surface area contributed by atoms with Crippen LogP contribution < -0.4 is 0 Å².